The van der Waals surface area contributed by atoms with Crippen LogP contribution < -0.4 is 29.1 Å². The van der Waals surface area contributed by atoms with E-state index in [4.69, 9.17) is 28.7 Å². The third-order valence-electron chi connectivity index (χ3n) is 8.20. The van der Waals surface area contributed by atoms with E-state index in [-0.39, 0.29) is 30.3 Å². The molecule has 2 heterocycles. The van der Waals surface area contributed by atoms with Crippen LogP contribution in [0, 0.1) is 0 Å². The molecule has 1 atom stereocenters. The van der Waals surface area contributed by atoms with E-state index in [2.05, 4.69) is 15.9 Å². The van der Waals surface area contributed by atoms with Crippen molar-refractivity contribution in [2.45, 2.75) is 26.5 Å². The molecule has 0 unspecified atom stereocenters. The van der Waals surface area contributed by atoms with E-state index in [1.165, 1.54) is 18.4 Å². The Labute approximate surface area is 312 Å². The van der Waals surface area contributed by atoms with Crippen LogP contribution in [0.5, 0.6) is 17.2 Å². The van der Waals surface area contributed by atoms with Gasteiger partial charge >= 0.3 is 11.9 Å². The number of nitrogens with zero attached hydrogens (tertiary/aromatic N) is 2. The van der Waals surface area contributed by atoms with Gasteiger partial charge in [0.25, 0.3) is 5.56 Å². The van der Waals surface area contributed by atoms with Crippen molar-refractivity contribution in [2.75, 3.05) is 27.4 Å². The maximum absolute atomic E-state index is 14.3. The topological polar surface area (TPSA) is 115 Å². The van der Waals surface area contributed by atoms with Gasteiger partial charge in [0.15, 0.2) is 16.3 Å². The van der Waals surface area contributed by atoms with Crippen molar-refractivity contribution in [1.82, 2.24) is 4.57 Å². The van der Waals surface area contributed by atoms with Crippen molar-refractivity contribution in [3.05, 3.63) is 149 Å². The van der Waals surface area contributed by atoms with Crippen LogP contribution in [-0.4, -0.2) is 43.9 Å². The van der Waals surface area contributed by atoms with Gasteiger partial charge in [0, 0.05) is 5.56 Å². The Morgan fingerprint density at radius 1 is 0.885 bits per heavy atom. The summed E-state index contributed by atoms with van der Waals surface area (Å²) in [4.78, 5) is 45.4. The number of fused-ring (bicyclic) bond motifs is 1. The summed E-state index contributed by atoms with van der Waals surface area (Å²) in [5, 5.41) is 0. The summed E-state index contributed by atoms with van der Waals surface area (Å²) in [5.41, 5.74) is 3.78. The van der Waals surface area contributed by atoms with Gasteiger partial charge in [-0.15, -0.1) is 0 Å². The lowest BCUT2D eigenvalue weighted by atomic mass is 9.93. The molecule has 1 aromatic heterocycles. The number of hydrogen-bond donors (Lipinski definition) is 0. The summed E-state index contributed by atoms with van der Waals surface area (Å²) < 4.78 is 30.4. The van der Waals surface area contributed by atoms with Gasteiger partial charge in [0.2, 0.25) is 0 Å². The van der Waals surface area contributed by atoms with Crippen LogP contribution in [0.4, 0.5) is 0 Å². The van der Waals surface area contributed by atoms with Gasteiger partial charge in [0.05, 0.1) is 59.3 Å². The van der Waals surface area contributed by atoms with E-state index in [1.54, 1.807) is 74.1 Å². The monoisotopic (exact) mass is 782 g/mol. The standard InChI is InChI=1S/C40H35BrN2O8S/c1-5-49-38(45)28-14-12-24(13-15-28)23-51-36-30(41)20-25(21-31(36)48-4)22-32-37(44)43-35(27-16-18-29(47-3)19-17-27)33(39(46)50-6-2)34(42-40(43)52-32)26-10-8-7-9-11-26/h7-22,35H,5-6,23H2,1-4H3/b32-22-/t35-/m0/s1. The Morgan fingerprint density at radius 2 is 1.58 bits per heavy atom. The normalized spacial score (nSPS) is 13.9. The van der Waals surface area contributed by atoms with E-state index < -0.39 is 12.0 Å². The number of rotatable bonds is 12. The molecule has 0 bridgehead atoms. The average molecular weight is 784 g/mol. The molecule has 4 aromatic carbocycles. The smallest absolute Gasteiger partial charge is 0.338 e. The highest BCUT2D eigenvalue weighted by molar-refractivity contribution is 9.10. The zero-order chi connectivity index (χ0) is 36.8. The van der Waals surface area contributed by atoms with Gasteiger partial charge in [-0.2, -0.15) is 0 Å². The molecular weight excluding hydrogens is 748 g/mol. The molecular formula is C40H35BrN2O8S. The first-order chi connectivity index (χ1) is 25.3. The predicted octanol–water partition coefficient (Wildman–Crippen LogP) is 6.47. The second-order valence-electron chi connectivity index (χ2n) is 11.4. The number of esters is 2. The van der Waals surface area contributed by atoms with Crippen molar-refractivity contribution < 1.29 is 33.3 Å². The molecule has 52 heavy (non-hydrogen) atoms. The predicted molar refractivity (Wildman–Crippen MR) is 201 cm³/mol. The lowest BCUT2D eigenvalue weighted by Crippen LogP contribution is -2.40. The molecule has 0 spiro atoms. The van der Waals surface area contributed by atoms with Gasteiger partial charge < -0.3 is 23.7 Å². The first-order valence-electron chi connectivity index (χ1n) is 16.4. The number of ether oxygens (including phenoxy) is 5. The summed E-state index contributed by atoms with van der Waals surface area (Å²) in [6, 6.07) is 26.4. The number of methoxy groups -OCH3 is 2. The van der Waals surface area contributed by atoms with Crippen LogP contribution in [0.25, 0.3) is 11.8 Å². The first-order valence-corrected chi connectivity index (χ1v) is 18.1. The minimum Gasteiger partial charge on any atom is -0.497 e. The van der Waals surface area contributed by atoms with Crippen LogP contribution in [0.1, 0.15) is 52.5 Å². The third kappa shape index (κ3) is 7.58. The van der Waals surface area contributed by atoms with E-state index >= 15 is 0 Å². The Hall–Kier alpha value is -5.46. The quantitative estimate of drug-likeness (QED) is 0.132. The summed E-state index contributed by atoms with van der Waals surface area (Å²) in [6.45, 7) is 4.18. The van der Waals surface area contributed by atoms with Gasteiger partial charge in [-0.1, -0.05) is 65.9 Å². The summed E-state index contributed by atoms with van der Waals surface area (Å²) in [6.07, 6.45) is 1.76. The summed E-state index contributed by atoms with van der Waals surface area (Å²) in [5.74, 6) is 0.624. The second kappa shape index (κ2) is 16.3. The van der Waals surface area contributed by atoms with Crippen LogP contribution >= 0.6 is 27.3 Å². The molecule has 5 aromatic rings. The number of benzene rings is 4. The lowest BCUT2D eigenvalue weighted by molar-refractivity contribution is -0.138. The number of thiazole rings is 1. The van der Waals surface area contributed by atoms with Crippen LogP contribution in [0.3, 0.4) is 0 Å². The van der Waals surface area contributed by atoms with E-state index in [0.29, 0.717) is 60.0 Å². The van der Waals surface area contributed by atoms with Gasteiger partial charge in [-0.05, 0) is 88.9 Å². The molecule has 0 saturated heterocycles. The highest BCUT2D eigenvalue weighted by atomic mass is 79.9. The summed E-state index contributed by atoms with van der Waals surface area (Å²) >= 11 is 4.84. The van der Waals surface area contributed by atoms with Crippen LogP contribution in [0.15, 0.2) is 111 Å². The maximum Gasteiger partial charge on any atom is 0.338 e. The van der Waals surface area contributed by atoms with Crippen molar-refractivity contribution >= 4 is 51.0 Å². The highest BCUT2D eigenvalue weighted by Gasteiger charge is 2.35. The van der Waals surface area contributed by atoms with Crippen LogP contribution in [0.2, 0.25) is 0 Å². The molecule has 1 aliphatic rings. The van der Waals surface area contributed by atoms with Crippen molar-refractivity contribution in [3.8, 4) is 17.2 Å². The average Bonchev–Trinajstić information content (AvgIpc) is 3.47. The molecule has 12 heteroatoms. The molecule has 0 aliphatic carbocycles. The zero-order valence-corrected chi connectivity index (χ0v) is 31.3. The van der Waals surface area contributed by atoms with Gasteiger partial charge in [-0.25, -0.2) is 14.6 Å². The van der Waals surface area contributed by atoms with Crippen molar-refractivity contribution in [1.29, 1.82) is 0 Å². The molecule has 0 N–H and O–H groups in total. The fourth-order valence-corrected chi connectivity index (χ4v) is 7.34. The molecule has 266 valence electrons. The van der Waals surface area contributed by atoms with Crippen LogP contribution in [-0.2, 0) is 20.9 Å². The Balaban J connectivity index is 1.41. The molecule has 0 saturated carbocycles. The molecule has 0 amide bonds. The number of carbonyl (C=O) groups excluding carboxylic acids is 2. The molecule has 6 rings (SSSR count). The van der Waals surface area contributed by atoms with Crippen molar-refractivity contribution in [3.63, 3.8) is 0 Å². The maximum atomic E-state index is 14.3. The number of hydrogen-bond acceptors (Lipinski definition) is 10. The SMILES string of the molecule is CCOC(=O)C1=C(c2ccccc2)N=c2s/c(=C\c3cc(Br)c(OCc4ccc(C(=O)OCC)cc4)c(OC)c3)c(=O)n2[C@H]1c1ccc(OC)cc1. The molecule has 10 nitrogen and oxygen atoms in total. The molecule has 0 fully saturated rings. The van der Waals surface area contributed by atoms with Gasteiger partial charge in [0.1, 0.15) is 12.4 Å². The van der Waals surface area contributed by atoms with Crippen molar-refractivity contribution in [2.24, 2.45) is 4.99 Å². The lowest BCUT2D eigenvalue weighted by Gasteiger charge is -2.26. The largest absolute Gasteiger partial charge is 0.497 e. The zero-order valence-electron chi connectivity index (χ0n) is 28.9. The fraction of sp³-hybridized carbons (Fsp3) is 0.200. The van der Waals surface area contributed by atoms with E-state index in [1.807, 2.05) is 48.5 Å². The Kier molecular flexibility index (Phi) is 11.4. The molecule has 1 aliphatic heterocycles. The fourth-order valence-electron chi connectivity index (χ4n) is 5.76. The van der Waals surface area contributed by atoms with E-state index in [0.717, 1.165) is 11.1 Å². The van der Waals surface area contributed by atoms with E-state index in [9.17, 15) is 14.4 Å². The van der Waals surface area contributed by atoms with Gasteiger partial charge in [-0.3, -0.25) is 9.36 Å². The summed E-state index contributed by atoms with van der Waals surface area (Å²) in [7, 11) is 3.12. The highest BCUT2D eigenvalue weighted by Crippen LogP contribution is 2.38. The third-order valence-corrected chi connectivity index (χ3v) is 9.77. The Bertz CT molecular complexity index is 2310. The number of aromatic nitrogens is 1. The second-order valence-corrected chi connectivity index (χ2v) is 13.3. The minimum absolute atomic E-state index is 0.155. The molecule has 0 radical (unpaired) electrons. The number of halogens is 1. The number of carbonyl (C=O) groups is 2. The first kappa shape index (κ1) is 36.3. The minimum atomic E-state index is -0.818. The Morgan fingerprint density at radius 3 is 2.23 bits per heavy atom.